The standard InChI is InChI=1S/C18H19F2N3O2/c19-15-2-1-3-16(17(15)20)21-22-18(25)12-4-6-13(7-5-12)23-10-8-14(24)9-11-23/h1-7,14,21,24H,8-11H2,(H,22,25). The predicted octanol–water partition coefficient (Wildman–Crippen LogP) is 2.68. The van der Waals surface area contributed by atoms with Gasteiger partial charge in [0.1, 0.15) is 0 Å². The van der Waals surface area contributed by atoms with Crippen molar-refractivity contribution in [3.8, 4) is 0 Å². The lowest BCUT2D eigenvalue weighted by atomic mass is 10.1. The fourth-order valence-electron chi connectivity index (χ4n) is 2.74. The molecule has 25 heavy (non-hydrogen) atoms. The number of nitrogens with one attached hydrogen (secondary N) is 2. The van der Waals surface area contributed by atoms with Crippen LogP contribution in [0.25, 0.3) is 0 Å². The number of aliphatic hydroxyl groups is 1. The second kappa shape index (κ2) is 7.48. The van der Waals surface area contributed by atoms with E-state index in [9.17, 15) is 18.7 Å². The molecule has 1 fully saturated rings. The number of rotatable bonds is 4. The summed E-state index contributed by atoms with van der Waals surface area (Å²) in [4.78, 5) is 14.3. The van der Waals surface area contributed by atoms with Crippen molar-refractivity contribution in [1.82, 2.24) is 5.43 Å². The van der Waals surface area contributed by atoms with Crippen LogP contribution in [0.3, 0.4) is 0 Å². The third kappa shape index (κ3) is 4.06. The van der Waals surface area contributed by atoms with E-state index in [0.29, 0.717) is 5.56 Å². The molecule has 0 atom stereocenters. The van der Waals surface area contributed by atoms with E-state index in [1.165, 1.54) is 12.1 Å². The molecule has 1 saturated heterocycles. The third-order valence-corrected chi connectivity index (χ3v) is 4.22. The smallest absolute Gasteiger partial charge is 0.269 e. The molecule has 1 aliphatic heterocycles. The van der Waals surface area contributed by atoms with Crippen LogP contribution in [0.4, 0.5) is 20.2 Å². The number of anilines is 2. The summed E-state index contributed by atoms with van der Waals surface area (Å²) in [5.41, 5.74) is 5.96. The highest BCUT2D eigenvalue weighted by Crippen LogP contribution is 2.21. The Kier molecular flexibility index (Phi) is 5.14. The van der Waals surface area contributed by atoms with Crippen LogP contribution in [0.5, 0.6) is 0 Å². The van der Waals surface area contributed by atoms with Gasteiger partial charge in [0.15, 0.2) is 11.6 Å². The SMILES string of the molecule is O=C(NNc1cccc(F)c1F)c1ccc(N2CCC(O)CC2)cc1. The molecule has 2 aromatic rings. The Morgan fingerprint density at radius 2 is 1.76 bits per heavy atom. The van der Waals surface area contributed by atoms with E-state index in [2.05, 4.69) is 15.8 Å². The van der Waals surface area contributed by atoms with E-state index in [4.69, 9.17) is 0 Å². The largest absolute Gasteiger partial charge is 0.393 e. The Balaban J connectivity index is 1.60. The minimum absolute atomic E-state index is 0.142. The summed E-state index contributed by atoms with van der Waals surface area (Å²) in [7, 11) is 0. The number of halogens is 2. The molecule has 5 nitrogen and oxygen atoms in total. The average molecular weight is 347 g/mol. The van der Waals surface area contributed by atoms with Crippen molar-refractivity contribution in [2.24, 2.45) is 0 Å². The van der Waals surface area contributed by atoms with Crippen molar-refractivity contribution in [1.29, 1.82) is 0 Å². The number of carbonyl (C=O) groups is 1. The summed E-state index contributed by atoms with van der Waals surface area (Å²) in [6.07, 6.45) is 1.21. The van der Waals surface area contributed by atoms with Crippen LogP contribution in [0.15, 0.2) is 42.5 Å². The lowest BCUT2D eigenvalue weighted by Crippen LogP contribution is -2.35. The molecule has 0 spiro atoms. The zero-order chi connectivity index (χ0) is 17.8. The number of amides is 1. The molecule has 0 unspecified atom stereocenters. The first-order valence-electron chi connectivity index (χ1n) is 8.08. The molecule has 132 valence electrons. The van der Waals surface area contributed by atoms with Crippen molar-refractivity contribution < 1.29 is 18.7 Å². The summed E-state index contributed by atoms with van der Waals surface area (Å²) in [6, 6.07) is 10.7. The quantitative estimate of drug-likeness (QED) is 0.744. The highest BCUT2D eigenvalue weighted by Gasteiger charge is 2.17. The number of hydrazine groups is 1. The predicted molar refractivity (Wildman–Crippen MR) is 91.3 cm³/mol. The minimum atomic E-state index is -1.05. The first-order chi connectivity index (χ1) is 12.0. The Hall–Kier alpha value is -2.67. The van der Waals surface area contributed by atoms with Gasteiger partial charge in [0.2, 0.25) is 0 Å². The Labute approximate surface area is 144 Å². The van der Waals surface area contributed by atoms with E-state index < -0.39 is 17.5 Å². The molecule has 0 bridgehead atoms. The molecule has 7 heteroatoms. The van der Waals surface area contributed by atoms with Gasteiger partial charge in [0.25, 0.3) is 5.91 Å². The third-order valence-electron chi connectivity index (χ3n) is 4.22. The van der Waals surface area contributed by atoms with Crippen LogP contribution >= 0.6 is 0 Å². The highest BCUT2D eigenvalue weighted by molar-refractivity contribution is 5.95. The summed E-state index contributed by atoms with van der Waals surface area (Å²) < 4.78 is 26.7. The molecular formula is C18H19F2N3O2. The van der Waals surface area contributed by atoms with Crippen LogP contribution < -0.4 is 15.8 Å². The van der Waals surface area contributed by atoms with Crippen LogP contribution in [0.1, 0.15) is 23.2 Å². The number of carbonyl (C=O) groups excluding carboxylic acids is 1. The maximum atomic E-state index is 13.5. The first kappa shape index (κ1) is 17.2. The van der Waals surface area contributed by atoms with Gasteiger partial charge in [0, 0.05) is 24.3 Å². The number of nitrogens with zero attached hydrogens (tertiary/aromatic N) is 1. The lowest BCUT2D eigenvalue weighted by Gasteiger charge is -2.31. The Bertz CT molecular complexity index is 744. The Morgan fingerprint density at radius 3 is 2.44 bits per heavy atom. The van der Waals surface area contributed by atoms with Gasteiger partial charge < -0.3 is 10.0 Å². The van der Waals surface area contributed by atoms with Crippen LogP contribution in [0.2, 0.25) is 0 Å². The van der Waals surface area contributed by atoms with Crippen LogP contribution in [-0.4, -0.2) is 30.2 Å². The van der Waals surface area contributed by atoms with Crippen molar-refractivity contribution in [2.45, 2.75) is 18.9 Å². The topological polar surface area (TPSA) is 64.6 Å². The van der Waals surface area contributed by atoms with Crippen LogP contribution in [-0.2, 0) is 0 Å². The molecule has 1 aliphatic rings. The van der Waals surface area contributed by atoms with E-state index in [0.717, 1.165) is 37.7 Å². The van der Waals surface area contributed by atoms with Crippen molar-refractivity contribution in [3.63, 3.8) is 0 Å². The van der Waals surface area contributed by atoms with E-state index in [1.807, 2.05) is 12.1 Å². The second-order valence-electron chi connectivity index (χ2n) is 5.95. The van der Waals surface area contributed by atoms with Gasteiger partial charge in [-0.2, -0.15) is 0 Å². The minimum Gasteiger partial charge on any atom is -0.393 e. The summed E-state index contributed by atoms with van der Waals surface area (Å²) in [6.45, 7) is 1.54. The average Bonchev–Trinajstić information content (AvgIpc) is 2.63. The van der Waals surface area contributed by atoms with Crippen molar-refractivity contribution >= 4 is 17.3 Å². The molecular weight excluding hydrogens is 328 g/mol. The maximum Gasteiger partial charge on any atom is 0.269 e. The molecule has 3 rings (SSSR count). The van der Waals surface area contributed by atoms with Gasteiger partial charge in [-0.15, -0.1) is 0 Å². The molecule has 3 N–H and O–H groups in total. The van der Waals surface area contributed by atoms with Gasteiger partial charge in [-0.3, -0.25) is 15.6 Å². The highest BCUT2D eigenvalue weighted by atomic mass is 19.2. The van der Waals surface area contributed by atoms with Gasteiger partial charge in [-0.25, -0.2) is 8.78 Å². The number of piperidine rings is 1. The number of hydrogen-bond donors (Lipinski definition) is 3. The van der Waals surface area contributed by atoms with E-state index in [1.54, 1.807) is 12.1 Å². The van der Waals surface area contributed by atoms with E-state index in [-0.39, 0.29) is 11.8 Å². The monoisotopic (exact) mass is 347 g/mol. The summed E-state index contributed by atoms with van der Waals surface area (Å²) in [5.74, 6) is -2.50. The van der Waals surface area contributed by atoms with Gasteiger partial charge >= 0.3 is 0 Å². The normalized spacial score (nSPS) is 15.1. The van der Waals surface area contributed by atoms with Crippen LogP contribution in [0, 0.1) is 11.6 Å². The fourth-order valence-corrected chi connectivity index (χ4v) is 2.74. The zero-order valence-corrected chi connectivity index (χ0v) is 13.5. The zero-order valence-electron chi connectivity index (χ0n) is 13.5. The lowest BCUT2D eigenvalue weighted by molar-refractivity contribution is 0.0962. The van der Waals surface area contributed by atoms with Crippen molar-refractivity contribution in [2.75, 3.05) is 23.4 Å². The molecule has 0 saturated carbocycles. The molecule has 0 aromatic heterocycles. The summed E-state index contributed by atoms with van der Waals surface area (Å²) in [5, 5.41) is 9.54. The summed E-state index contributed by atoms with van der Waals surface area (Å²) >= 11 is 0. The van der Waals surface area contributed by atoms with Crippen molar-refractivity contribution in [3.05, 3.63) is 59.7 Å². The number of benzene rings is 2. The number of hydrogen-bond acceptors (Lipinski definition) is 4. The molecule has 0 aliphatic carbocycles. The number of aliphatic hydroxyl groups excluding tert-OH is 1. The molecule has 0 radical (unpaired) electrons. The maximum absolute atomic E-state index is 13.5. The molecule has 1 heterocycles. The first-order valence-corrected chi connectivity index (χ1v) is 8.08. The second-order valence-corrected chi connectivity index (χ2v) is 5.95. The Morgan fingerprint density at radius 1 is 1.08 bits per heavy atom. The van der Waals surface area contributed by atoms with Gasteiger partial charge in [0.05, 0.1) is 11.8 Å². The van der Waals surface area contributed by atoms with Gasteiger partial charge in [-0.1, -0.05) is 6.07 Å². The van der Waals surface area contributed by atoms with Gasteiger partial charge in [-0.05, 0) is 49.2 Å². The van der Waals surface area contributed by atoms with E-state index >= 15 is 0 Å². The molecule has 1 amide bonds. The fraction of sp³-hybridized carbons (Fsp3) is 0.278. The molecule has 2 aromatic carbocycles.